The molecule has 0 aliphatic carbocycles. The standard InChI is InChI=1S/C22H26N2O4S/c1-5-16-18(14-8-6-9-15(12-14)28-4)19-21(29-16)23-20(13(2)3)24(22(19)27)11-7-10-17(25)26/h6,8-9,12-13H,5,7,10-11H2,1-4H3,(H,25,26). The molecule has 0 bridgehead atoms. The second-order valence-electron chi connectivity index (χ2n) is 7.24. The van der Waals surface area contributed by atoms with E-state index in [4.69, 9.17) is 14.8 Å². The van der Waals surface area contributed by atoms with E-state index < -0.39 is 5.97 Å². The molecule has 0 aliphatic heterocycles. The van der Waals surface area contributed by atoms with E-state index in [-0.39, 0.29) is 17.9 Å². The van der Waals surface area contributed by atoms with Gasteiger partial charge >= 0.3 is 5.97 Å². The van der Waals surface area contributed by atoms with Crippen molar-refractivity contribution in [3.8, 4) is 16.9 Å². The minimum atomic E-state index is -0.862. The van der Waals surface area contributed by atoms with Gasteiger partial charge in [-0.15, -0.1) is 11.3 Å². The number of thiophene rings is 1. The van der Waals surface area contributed by atoms with Crippen molar-refractivity contribution in [2.75, 3.05) is 7.11 Å². The largest absolute Gasteiger partial charge is 0.497 e. The van der Waals surface area contributed by atoms with Crippen LogP contribution in [0.4, 0.5) is 0 Å². The summed E-state index contributed by atoms with van der Waals surface area (Å²) < 4.78 is 7.03. The normalized spacial score (nSPS) is 11.3. The molecule has 0 unspecified atom stereocenters. The quantitative estimate of drug-likeness (QED) is 0.579. The molecule has 2 aromatic heterocycles. The van der Waals surface area contributed by atoms with E-state index in [1.54, 1.807) is 23.0 Å². The summed E-state index contributed by atoms with van der Waals surface area (Å²) in [5.74, 6) is 0.634. The van der Waals surface area contributed by atoms with Crippen molar-refractivity contribution in [2.45, 2.75) is 52.5 Å². The zero-order valence-corrected chi connectivity index (χ0v) is 18.0. The van der Waals surface area contributed by atoms with Gasteiger partial charge < -0.3 is 9.84 Å². The molecule has 0 saturated carbocycles. The number of carbonyl (C=O) groups is 1. The average molecular weight is 415 g/mol. The molecule has 1 aromatic carbocycles. The van der Waals surface area contributed by atoms with Crippen LogP contribution in [0.2, 0.25) is 0 Å². The van der Waals surface area contributed by atoms with E-state index in [0.717, 1.165) is 33.0 Å². The number of rotatable bonds is 8. The Morgan fingerprint density at radius 3 is 2.72 bits per heavy atom. The lowest BCUT2D eigenvalue weighted by molar-refractivity contribution is -0.137. The van der Waals surface area contributed by atoms with E-state index in [9.17, 15) is 9.59 Å². The predicted octanol–water partition coefficient (Wildman–Crippen LogP) is 4.68. The monoisotopic (exact) mass is 414 g/mol. The summed E-state index contributed by atoms with van der Waals surface area (Å²) in [4.78, 5) is 31.2. The first-order chi connectivity index (χ1) is 13.9. The van der Waals surface area contributed by atoms with E-state index in [1.165, 1.54) is 0 Å². The molecule has 6 nitrogen and oxygen atoms in total. The molecule has 1 N–H and O–H groups in total. The van der Waals surface area contributed by atoms with Crippen LogP contribution in [0.1, 0.15) is 50.2 Å². The van der Waals surface area contributed by atoms with Gasteiger partial charge in [0.15, 0.2) is 0 Å². The van der Waals surface area contributed by atoms with Gasteiger partial charge in [0.05, 0.1) is 12.5 Å². The highest BCUT2D eigenvalue weighted by atomic mass is 32.1. The van der Waals surface area contributed by atoms with E-state index in [2.05, 4.69) is 6.92 Å². The van der Waals surface area contributed by atoms with Gasteiger partial charge in [0.1, 0.15) is 16.4 Å². The summed E-state index contributed by atoms with van der Waals surface area (Å²) in [5.41, 5.74) is 1.74. The third kappa shape index (κ3) is 4.19. The van der Waals surface area contributed by atoms with Crippen molar-refractivity contribution < 1.29 is 14.6 Å². The molecule has 2 heterocycles. The van der Waals surface area contributed by atoms with Crippen LogP contribution in [-0.4, -0.2) is 27.7 Å². The molecule has 0 saturated heterocycles. The molecule has 7 heteroatoms. The number of ether oxygens (including phenoxy) is 1. The number of hydrogen-bond donors (Lipinski definition) is 1. The van der Waals surface area contributed by atoms with Gasteiger partial charge in [-0.2, -0.15) is 0 Å². The van der Waals surface area contributed by atoms with Gasteiger partial charge in [-0.3, -0.25) is 14.2 Å². The Hall–Kier alpha value is -2.67. The molecule has 0 aliphatic rings. The number of hydrogen-bond acceptors (Lipinski definition) is 5. The molecule has 0 radical (unpaired) electrons. The number of carboxylic acids is 1. The SMILES string of the molecule is CCc1sc2nc(C(C)C)n(CCCC(=O)O)c(=O)c2c1-c1cccc(OC)c1. The lowest BCUT2D eigenvalue weighted by Crippen LogP contribution is -2.26. The van der Waals surface area contributed by atoms with Gasteiger partial charge in [-0.05, 0) is 30.5 Å². The van der Waals surface area contributed by atoms with Gasteiger partial charge in [0.2, 0.25) is 0 Å². The summed E-state index contributed by atoms with van der Waals surface area (Å²) in [6, 6.07) is 7.71. The summed E-state index contributed by atoms with van der Waals surface area (Å²) in [5, 5.41) is 9.59. The van der Waals surface area contributed by atoms with Gasteiger partial charge in [-0.1, -0.05) is 32.9 Å². The Balaban J connectivity index is 2.26. The van der Waals surface area contributed by atoms with Crippen molar-refractivity contribution in [1.29, 1.82) is 0 Å². The molecular weight excluding hydrogens is 388 g/mol. The number of aryl methyl sites for hydroxylation is 1. The summed E-state index contributed by atoms with van der Waals surface area (Å²) >= 11 is 1.56. The van der Waals surface area contributed by atoms with Crippen LogP contribution in [-0.2, 0) is 17.8 Å². The maximum Gasteiger partial charge on any atom is 0.303 e. The minimum absolute atomic E-state index is 0.0224. The van der Waals surface area contributed by atoms with Crippen LogP contribution >= 0.6 is 11.3 Å². The van der Waals surface area contributed by atoms with Crippen molar-refractivity contribution in [1.82, 2.24) is 9.55 Å². The van der Waals surface area contributed by atoms with E-state index in [1.807, 2.05) is 38.1 Å². The second kappa shape index (κ2) is 8.78. The zero-order chi connectivity index (χ0) is 21.1. The van der Waals surface area contributed by atoms with Gasteiger partial charge in [0, 0.05) is 29.3 Å². The molecule has 0 atom stereocenters. The topological polar surface area (TPSA) is 81.4 Å². The number of methoxy groups -OCH3 is 1. The lowest BCUT2D eigenvalue weighted by atomic mass is 10.0. The number of aromatic nitrogens is 2. The van der Waals surface area contributed by atoms with Crippen molar-refractivity contribution in [2.24, 2.45) is 0 Å². The lowest BCUT2D eigenvalue weighted by Gasteiger charge is -2.15. The highest BCUT2D eigenvalue weighted by molar-refractivity contribution is 7.19. The van der Waals surface area contributed by atoms with Gasteiger partial charge in [0.25, 0.3) is 5.56 Å². The maximum atomic E-state index is 13.6. The molecule has 0 spiro atoms. The van der Waals surface area contributed by atoms with Crippen molar-refractivity contribution in [3.05, 3.63) is 45.3 Å². The summed E-state index contributed by atoms with van der Waals surface area (Å²) in [6.45, 7) is 6.41. The van der Waals surface area contributed by atoms with E-state index >= 15 is 0 Å². The smallest absolute Gasteiger partial charge is 0.303 e. The number of nitrogens with zero attached hydrogens (tertiary/aromatic N) is 2. The first kappa shape index (κ1) is 21.0. The number of benzene rings is 1. The molecule has 0 amide bonds. The fourth-order valence-corrected chi connectivity index (χ4v) is 4.65. The van der Waals surface area contributed by atoms with Gasteiger partial charge in [-0.25, -0.2) is 4.98 Å². The predicted molar refractivity (Wildman–Crippen MR) is 116 cm³/mol. The third-order valence-corrected chi connectivity index (χ3v) is 6.11. The Labute approximate surface area is 173 Å². The fourth-order valence-electron chi connectivity index (χ4n) is 3.52. The Morgan fingerprint density at radius 2 is 2.10 bits per heavy atom. The Bertz CT molecular complexity index is 1100. The minimum Gasteiger partial charge on any atom is -0.497 e. The molecule has 3 rings (SSSR count). The average Bonchev–Trinajstić information content (AvgIpc) is 3.08. The van der Waals surface area contributed by atoms with Crippen LogP contribution in [0.5, 0.6) is 5.75 Å². The first-order valence-electron chi connectivity index (χ1n) is 9.79. The maximum absolute atomic E-state index is 13.6. The van der Waals surface area contributed by atoms with Crippen LogP contribution in [0.15, 0.2) is 29.1 Å². The fraction of sp³-hybridized carbons (Fsp3) is 0.409. The zero-order valence-electron chi connectivity index (χ0n) is 17.2. The van der Waals surface area contributed by atoms with Crippen LogP contribution < -0.4 is 10.3 Å². The van der Waals surface area contributed by atoms with Crippen LogP contribution in [0.3, 0.4) is 0 Å². The highest BCUT2D eigenvalue weighted by Crippen LogP contribution is 2.38. The molecular formula is C22H26N2O4S. The van der Waals surface area contributed by atoms with E-state index in [0.29, 0.717) is 24.2 Å². The van der Waals surface area contributed by atoms with Crippen molar-refractivity contribution in [3.63, 3.8) is 0 Å². The van der Waals surface area contributed by atoms with Crippen molar-refractivity contribution >= 4 is 27.5 Å². The van der Waals surface area contributed by atoms with Crippen LogP contribution in [0.25, 0.3) is 21.3 Å². The Morgan fingerprint density at radius 1 is 1.34 bits per heavy atom. The second-order valence-corrected chi connectivity index (χ2v) is 8.33. The summed E-state index contributed by atoms with van der Waals surface area (Å²) in [6.07, 6.45) is 1.21. The molecule has 29 heavy (non-hydrogen) atoms. The number of fused-ring (bicyclic) bond motifs is 1. The Kier molecular flexibility index (Phi) is 6.37. The number of carboxylic acid groups (broad SMARTS) is 1. The summed E-state index contributed by atoms with van der Waals surface area (Å²) in [7, 11) is 1.62. The number of aliphatic carboxylic acids is 1. The van der Waals surface area contributed by atoms with Crippen LogP contribution in [0, 0.1) is 0 Å². The molecule has 3 aromatic rings. The molecule has 0 fully saturated rings. The third-order valence-electron chi connectivity index (χ3n) is 4.88. The molecule has 154 valence electrons. The highest BCUT2D eigenvalue weighted by Gasteiger charge is 2.22. The first-order valence-corrected chi connectivity index (χ1v) is 10.6.